The maximum absolute atomic E-state index is 12.6. The highest BCUT2D eigenvalue weighted by atomic mass is 32.1. The smallest absolute Gasteiger partial charge is 0.333 e. The molecule has 6 nitrogen and oxygen atoms in total. The SMILES string of the molecule is CN(CC(=O)CC1CCC(NC(=O)NN(C)C(=S)c2ccccc2)CC1)C(=S)c1ccccc1. The predicted octanol–water partition coefficient (Wildman–Crippen LogP) is 4.33. The number of hydrogen-bond acceptors (Lipinski definition) is 4. The number of hydrazine groups is 1. The Hall–Kier alpha value is -2.84. The molecule has 0 aromatic heterocycles. The van der Waals surface area contributed by atoms with Crippen LogP contribution >= 0.6 is 24.4 Å². The molecule has 0 radical (unpaired) electrons. The summed E-state index contributed by atoms with van der Waals surface area (Å²) < 4.78 is 0. The van der Waals surface area contributed by atoms with Crippen LogP contribution in [0.1, 0.15) is 43.2 Å². The standard InChI is InChI=1S/C26H32N4O2S2/c1-29(24(33)20-9-5-3-6-10-20)18-23(31)17-19-13-15-22(16-14-19)27-26(32)28-30(2)25(34)21-11-7-4-8-12-21/h3-12,19,22H,13-18H2,1-2H3,(H2,27,28,32). The average molecular weight is 497 g/mol. The van der Waals surface area contributed by atoms with Gasteiger partial charge in [-0.25, -0.2) is 10.2 Å². The lowest BCUT2D eigenvalue weighted by Crippen LogP contribution is -2.51. The van der Waals surface area contributed by atoms with Crippen LogP contribution in [0.15, 0.2) is 60.7 Å². The summed E-state index contributed by atoms with van der Waals surface area (Å²) in [7, 11) is 3.60. The number of thiocarbonyl (C=S) groups is 2. The summed E-state index contributed by atoms with van der Waals surface area (Å²) in [5, 5.41) is 4.59. The topological polar surface area (TPSA) is 64.7 Å². The molecule has 1 aliphatic rings. The fourth-order valence-electron chi connectivity index (χ4n) is 4.23. The average Bonchev–Trinajstić information content (AvgIpc) is 2.85. The first-order chi connectivity index (χ1) is 16.3. The van der Waals surface area contributed by atoms with Crippen LogP contribution in [0.4, 0.5) is 4.79 Å². The normalized spacial score (nSPS) is 17.4. The second-order valence-electron chi connectivity index (χ2n) is 8.80. The molecular formula is C26H32N4O2S2. The molecule has 2 aromatic rings. The Kier molecular flexibility index (Phi) is 9.53. The van der Waals surface area contributed by atoms with E-state index in [-0.39, 0.29) is 17.9 Å². The van der Waals surface area contributed by atoms with Gasteiger partial charge < -0.3 is 10.2 Å². The number of likely N-dealkylation sites (N-methyl/N-ethyl adjacent to an activating group) is 1. The van der Waals surface area contributed by atoms with E-state index in [4.69, 9.17) is 24.4 Å². The van der Waals surface area contributed by atoms with Gasteiger partial charge in [-0.15, -0.1) is 0 Å². The molecule has 1 saturated carbocycles. The number of benzene rings is 2. The van der Waals surface area contributed by atoms with E-state index in [1.165, 1.54) is 0 Å². The van der Waals surface area contributed by atoms with Gasteiger partial charge in [-0.1, -0.05) is 85.1 Å². The van der Waals surface area contributed by atoms with E-state index in [0.29, 0.717) is 28.9 Å². The van der Waals surface area contributed by atoms with Crippen LogP contribution in [-0.2, 0) is 4.79 Å². The number of amides is 2. The number of ketones is 1. The number of rotatable bonds is 7. The largest absolute Gasteiger partial charge is 0.358 e. The molecule has 0 saturated heterocycles. The number of nitrogens with zero attached hydrogens (tertiary/aromatic N) is 2. The molecular weight excluding hydrogens is 464 g/mol. The van der Waals surface area contributed by atoms with Crippen molar-refractivity contribution in [2.45, 2.75) is 38.1 Å². The van der Waals surface area contributed by atoms with E-state index in [9.17, 15) is 9.59 Å². The minimum absolute atomic E-state index is 0.0957. The first-order valence-electron chi connectivity index (χ1n) is 11.6. The van der Waals surface area contributed by atoms with E-state index in [2.05, 4.69) is 10.7 Å². The van der Waals surface area contributed by atoms with E-state index in [1.54, 1.807) is 12.1 Å². The third kappa shape index (κ3) is 7.60. The Morgan fingerprint density at radius 2 is 1.38 bits per heavy atom. The molecule has 1 fully saturated rings. The molecule has 34 heavy (non-hydrogen) atoms. The van der Waals surface area contributed by atoms with Gasteiger partial charge in [0, 0.05) is 37.7 Å². The Labute approximate surface area is 212 Å². The van der Waals surface area contributed by atoms with Crippen LogP contribution in [0.2, 0.25) is 0 Å². The number of carbonyl (C=O) groups excluding carboxylic acids is 2. The summed E-state index contributed by atoms with van der Waals surface area (Å²) in [6.07, 6.45) is 4.10. The molecule has 2 N–H and O–H groups in total. The van der Waals surface area contributed by atoms with Gasteiger partial charge in [0.25, 0.3) is 0 Å². The molecule has 0 unspecified atom stereocenters. The molecule has 0 bridgehead atoms. The summed E-state index contributed by atoms with van der Waals surface area (Å²) in [4.78, 5) is 28.1. The molecule has 180 valence electrons. The van der Waals surface area contributed by atoms with Gasteiger partial charge in [0.05, 0.1) is 6.54 Å². The maximum atomic E-state index is 12.6. The van der Waals surface area contributed by atoms with Gasteiger partial charge in [-0.05, 0) is 31.6 Å². The van der Waals surface area contributed by atoms with Crippen molar-refractivity contribution in [3.63, 3.8) is 0 Å². The minimum Gasteiger partial charge on any atom is -0.358 e. The van der Waals surface area contributed by atoms with Crippen molar-refractivity contribution in [1.82, 2.24) is 20.7 Å². The third-order valence-electron chi connectivity index (χ3n) is 6.07. The second-order valence-corrected chi connectivity index (χ2v) is 9.58. The quantitative estimate of drug-likeness (QED) is 0.439. The van der Waals surface area contributed by atoms with Crippen LogP contribution in [-0.4, -0.2) is 58.4 Å². The van der Waals surface area contributed by atoms with Crippen molar-refractivity contribution < 1.29 is 9.59 Å². The number of nitrogens with one attached hydrogen (secondary N) is 2. The van der Waals surface area contributed by atoms with Gasteiger partial charge in [0.2, 0.25) is 0 Å². The summed E-state index contributed by atoms with van der Waals surface area (Å²) in [6, 6.07) is 19.2. The van der Waals surface area contributed by atoms with Crippen molar-refractivity contribution >= 4 is 46.2 Å². The van der Waals surface area contributed by atoms with E-state index < -0.39 is 0 Å². The third-order valence-corrected chi connectivity index (χ3v) is 7.13. The van der Waals surface area contributed by atoms with Gasteiger partial charge in [-0.3, -0.25) is 9.80 Å². The van der Waals surface area contributed by atoms with Crippen molar-refractivity contribution in [3.8, 4) is 0 Å². The number of hydrogen-bond donors (Lipinski definition) is 2. The zero-order valence-electron chi connectivity index (χ0n) is 19.7. The second kappa shape index (κ2) is 12.6. The summed E-state index contributed by atoms with van der Waals surface area (Å²) in [6.45, 7) is 0.321. The van der Waals surface area contributed by atoms with Crippen LogP contribution < -0.4 is 10.7 Å². The van der Waals surface area contributed by atoms with Crippen LogP contribution in [0.3, 0.4) is 0 Å². The lowest BCUT2D eigenvalue weighted by molar-refractivity contribution is -0.120. The maximum Gasteiger partial charge on any atom is 0.333 e. The van der Waals surface area contributed by atoms with Crippen molar-refractivity contribution in [3.05, 3.63) is 71.8 Å². The highest BCUT2D eigenvalue weighted by Crippen LogP contribution is 2.27. The fourth-order valence-corrected chi connectivity index (χ4v) is 4.61. The highest BCUT2D eigenvalue weighted by molar-refractivity contribution is 7.80. The van der Waals surface area contributed by atoms with Gasteiger partial charge in [0.15, 0.2) is 5.78 Å². The van der Waals surface area contributed by atoms with Crippen LogP contribution in [0.5, 0.6) is 0 Å². The molecule has 2 aromatic carbocycles. The minimum atomic E-state index is -0.267. The molecule has 1 aliphatic carbocycles. The number of urea groups is 1. The van der Waals surface area contributed by atoms with E-state index in [1.807, 2.05) is 72.6 Å². The Morgan fingerprint density at radius 1 is 0.853 bits per heavy atom. The lowest BCUT2D eigenvalue weighted by Gasteiger charge is -2.30. The molecule has 0 aliphatic heterocycles. The Balaban J connectivity index is 1.37. The zero-order chi connectivity index (χ0) is 24.5. The van der Waals surface area contributed by atoms with E-state index in [0.717, 1.165) is 36.8 Å². The van der Waals surface area contributed by atoms with Crippen molar-refractivity contribution in [2.24, 2.45) is 5.92 Å². The summed E-state index contributed by atoms with van der Waals surface area (Å²) >= 11 is 10.9. The summed E-state index contributed by atoms with van der Waals surface area (Å²) in [5.74, 6) is 0.548. The summed E-state index contributed by atoms with van der Waals surface area (Å²) in [5.41, 5.74) is 4.61. The monoisotopic (exact) mass is 496 g/mol. The fraction of sp³-hybridized carbons (Fsp3) is 0.385. The van der Waals surface area contributed by atoms with Gasteiger partial charge in [-0.2, -0.15) is 0 Å². The first kappa shape index (κ1) is 25.8. The van der Waals surface area contributed by atoms with Crippen molar-refractivity contribution in [1.29, 1.82) is 0 Å². The molecule has 2 amide bonds. The lowest BCUT2D eigenvalue weighted by atomic mass is 9.83. The molecule has 0 spiro atoms. The highest BCUT2D eigenvalue weighted by Gasteiger charge is 2.25. The predicted molar refractivity (Wildman–Crippen MR) is 144 cm³/mol. The molecule has 0 heterocycles. The van der Waals surface area contributed by atoms with Gasteiger partial charge in [0.1, 0.15) is 9.98 Å². The zero-order valence-corrected chi connectivity index (χ0v) is 21.3. The first-order valence-corrected chi connectivity index (χ1v) is 12.4. The van der Waals surface area contributed by atoms with Crippen LogP contribution in [0, 0.1) is 5.92 Å². The van der Waals surface area contributed by atoms with Gasteiger partial charge >= 0.3 is 6.03 Å². The van der Waals surface area contributed by atoms with E-state index >= 15 is 0 Å². The molecule has 8 heteroatoms. The molecule has 3 rings (SSSR count). The Bertz CT molecular complexity index is 911. The molecule has 0 atom stereocenters. The van der Waals surface area contributed by atoms with Crippen LogP contribution in [0.25, 0.3) is 0 Å². The number of Topliss-reactive ketones (excluding diaryl/α,β-unsaturated/α-hetero) is 1. The van der Waals surface area contributed by atoms with Crippen molar-refractivity contribution in [2.75, 3.05) is 20.6 Å². The Morgan fingerprint density at radius 3 is 1.94 bits per heavy atom. The number of carbonyl (C=O) groups is 2.